The number of halogens is 3. The molecule has 1 aromatic rings. The van der Waals surface area contributed by atoms with Gasteiger partial charge in [0.05, 0.1) is 6.20 Å². The van der Waals surface area contributed by atoms with Gasteiger partial charge in [-0.1, -0.05) is 11.6 Å². The van der Waals surface area contributed by atoms with E-state index in [4.69, 9.17) is 16.7 Å². The summed E-state index contributed by atoms with van der Waals surface area (Å²) in [7, 11) is 0. The van der Waals surface area contributed by atoms with Crippen LogP contribution in [0, 0.1) is 0 Å². The molecule has 0 unspecified atom stereocenters. The molecule has 14 heavy (non-hydrogen) atoms. The van der Waals surface area contributed by atoms with Crippen LogP contribution in [0.2, 0.25) is 5.15 Å². The Bertz CT molecular complexity index is 359. The van der Waals surface area contributed by atoms with Gasteiger partial charge in [-0.3, -0.25) is 0 Å². The first-order valence-corrected chi connectivity index (χ1v) is 3.72. The maximum Gasteiger partial charge on any atom is 0.387 e. The fourth-order valence-electron chi connectivity index (χ4n) is 0.746. The molecule has 0 atom stereocenters. The van der Waals surface area contributed by atoms with Crippen LogP contribution >= 0.6 is 11.6 Å². The Labute approximate surface area is 82.1 Å². The summed E-state index contributed by atoms with van der Waals surface area (Å²) in [5.74, 6) is -1.70. The number of ether oxygens (including phenoxy) is 1. The standard InChI is InChI=1S/C7H4ClF2NO3/c8-5-4(6(12)13)1-3(2-11-5)14-7(9)10/h1-2,7H,(H,12,13). The third-order valence-corrected chi connectivity index (χ3v) is 1.57. The zero-order valence-corrected chi connectivity index (χ0v) is 7.33. The van der Waals surface area contributed by atoms with Crippen molar-refractivity contribution in [2.75, 3.05) is 0 Å². The number of carbonyl (C=O) groups is 1. The van der Waals surface area contributed by atoms with E-state index in [0.29, 0.717) is 0 Å². The number of hydrogen-bond donors (Lipinski definition) is 1. The fraction of sp³-hybridized carbons (Fsp3) is 0.143. The summed E-state index contributed by atoms with van der Waals surface area (Å²) in [6.07, 6.45) is 0.918. The Morgan fingerprint density at radius 2 is 2.29 bits per heavy atom. The Balaban J connectivity index is 3.00. The van der Waals surface area contributed by atoms with E-state index in [1.807, 2.05) is 0 Å². The minimum atomic E-state index is -3.03. The molecule has 0 saturated heterocycles. The molecule has 1 N–H and O–H groups in total. The smallest absolute Gasteiger partial charge is 0.387 e. The molecule has 1 heterocycles. The van der Waals surface area contributed by atoms with Gasteiger partial charge in [0.2, 0.25) is 0 Å². The number of rotatable bonds is 3. The van der Waals surface area contributed by atoms with Gasteiger partial charge >= 0.3 is 12.6 Å². The SMILES string of the molecule is O=C(O)c1cc(OC(F)F)cnc1Cl. The topological polar surface area (TPSA) is 59.4 Å². The van der Waals surface area contributed by atoms with Gasteiger partial charge in [-0.25, -0.2) is 9.78 Å². The number of alkyl halides is 2. The second kappa shape index (κ2) is 4.19. The summed E-state index contributed by atoms with van der Waals surface area (Å²) in [5, 5.41) is 8.28. The molecule has 0 bridgehead atoms. The van der Waals surface area contributed by atoms with Crippen molar-refractivity contribution >= 4 is 17.6 Å². The molecule has 1 aromatic heterocycles. The maximum absolute atomic E-state index is 11.7. The van der Waals surface area contributed by atoms with E-state index in [1.165, 1.54) is 0 Å². The molecule has 0 fully saturated rings. The maximum atomic E-state index is 11.7. The van der Waals surface area contributed by atoms with Crippen LogP contribution in [0.15, 0.2) is 12.3 Å². The average Bonchev–Trinajstić information content (AvgIpc) is 2.07. The van der Waals surface area contributed by atoms with Crippen molar-refractivity contribution in [1.29, 1.82) is 0 Å². The minimum absolute atomic E-state index is 0.279. The molecule has 0 saturated carbocycles. The Kier molecular flexibility index (Phi) is 3.19. The summed E-state index contributed by atoms with van der Waals surface area (Å²) >= 11 is 5.39. The minimum Gasteiger partial charge on any atom is -0.478 e. The van der Waals surface area contributed by atoms with Crippen LogP contribution < -0.4 is 4.74 Å². The lowest BCUT2D eigenvalue weighted by molar-refractivity contribution is -0.0501. The van der Waals surface area contributed by atoms with E-state index in [2.05, 4.69) is 9.72 Å². The van der Waals surface area contributed by atoms with Crippen LogP contribution in [0.25, 0.3) is 0 Å². The van der Waals surface area contributed by atoms with Crippen LogP contribution in [-0.4, -0.2) is 22.7 Å². The summed E-state index contributed by atoms with van der Waals surface area (Å²) in [6.45, 7) is -3.03. The van der Waals surface area contributed by atoms with Crippen molar-refractivity contribution in [2.24, 2.45) is 0 Å². The van der Waals surface area contributed by atoms with E-state index >= 15 is 0 Å². The van der Waals surface area contributed by atoms with Crippen molar-refractivity contribution in [3.05, 3.63) is 23.0 Å². The summed E-state index contributed by atoms with van der Waals surface area (Å²) in [4.78, 5) is 13.9. The highest BCUT2D eigenvalue weighted by molar-refractivity contribution is 6.32. The first-order valence-electron chi connectivity index (χ1n) is 3.34. The van der Waals surface area contributed by atoms with Crippen LogP contribution in [0.4, 0.5) is 8.78 Å². The Morgan fingerprint density at radius 3 is 2.79 bits per heavy atom. The molecule has 7 heteroatoms. The fourth-order valence-corrected chi connectivity index (χ4v) is 0.930. The van der Waals surface area contributed by atoms with E-state index in [-0.39, 0.29) is 16.5 Å². The van der Waals surface area contributed by atoms with Gasteiger partial charge in [0.1, 0.15) is 16.5 Å². The van der Waals surface area contributed by atoms with Gasteiger partial charge in [-0.05, 0) is 6.07 Å². The molecule has 0 aromatic carbocycles. The predicted molar refractivity (Wildman–Crippen MR) is 42.8 cm³/mol. The van der Waals surface area contributed by atoms with Crippen LogP contribution in [0.1, 0.15) is 10.4 Å². The van der Waals surface area contributed by atoms with Gasteiger partial charge in [0, 0.05) is 0 Å². The largest absolute Gasteiger partial charge is 0.478 e. The number of carboxylic acid groups (broad SMARTS) is 1. The molecular weight excluding hydrogens is 220 g/mol. The van der Waals surface area contributed by atoms with E-state index in [0.717, 1.165) is 12.3 Å². The van der Waals surface area contributed by atoms with Crippen molar-refractivity contribution in [2.45, 2.75) is 6.61 Å². The molecule has 0 aliphatic carbocycles. The molecular formula is C7H4ClF2NO3. The second-order valence-electron chi connectivity index (χ2n) is 2.19. The highest BCUT2D eigenvalue weighted by Crippen LogP contribution is 2.20. The third kappa shape index (κ3) is 2.53. The van der Waals surface area contributed by atoms with E-state index < -0.39 is 12.6 Å². The van der Waals surface area contributed by atoms with E-state index in [1.54, 1.807) is 0 Å². The van der Waals surface area contributed by atoms with Crippen molar-refractivity contribution in [1.82, 2.24) is 4.98 Å². The average molecular weight is 224 g/mol. The zero-order valence-electron chi connectivity index (χ0n) is 6.58. The summed E-state index contributed by atoms with van der Waals surface area (Å²) < 4.78 is 27.4. The van der Waals surface area contributed by atoms with Crippen LogP contribution in [0.5, 0.6) is 5.75 Å². The van der Waals surface area contributed by atoms with Gasteiger partial charge < -0.3 is 9.84 Å². The molecule has 76 valence electrons. The molecule has 4 nitrogen and oxygen atoms in total. The summed E-state index contributed by atoms with van der Waals surface area (Å²) in [6, 6.07) is 0.879. The molecule has 0 aliphatic heterocycles. The van der Waals surface area contributed by atoms with Crippen LogP contribution in [0.3, 0.4) is 0 Å². The highest BCUT2D eigenvalue weighted by atomic mass is 35.5. The van der Waals surface area contributed by atoms with Gasteiger partial charge in [-0.15, -0.1) is 0 Å². The lowest BCUT2D eigenvalue weighted by Crippen LogP contribution is -2.05. The lowest BCUT2D eigenvalue weighted by Gasteiger charge is -2.04. The van der Waals surface area contributed by atoms with Gasteiger partial charge in [0.25, 0.3) is 0 Å². The lowest BCUT2D eigenvalue weighted by atomic mass is 10.3. The van der Waals surface area contributed by atoms with Gasteiger partial charge in [0.15, 0.2) is 0 Å². The molecule has 1 rings (SSSR count). The summed E-state index contributed by atoms with van der Waals surface area (Å²) in [5.41, 5.74) is -0.384. The molecule has 0 spiro atoms. The van der Waals surface area contributed by atoms with E-state index in [9.17, 15) is 13.6 Å². The zero-order chi connectivity index (χ0) is 10.7. The monoisotopic (exact) mass is 223 g/mol. The number of pyridine rings is 1. The third-order valence-electron chi connectivity index (χ3n) is 1.27. The van der Waals surface area contributed by atoms with Crippen LogP contribution in [-0.2, 0) is 0 Å². The molecule has 0 amide bonds. The number of carboxylic acids is 1. The number of aromatic carboxylic acids is 1. The highest BCUT2D eigenvalue weighted by Gasteiger charge is 2.13. The van der Waals surface area contributed by atoms with Crippen molar-refractivity contribution in [3.63, 3.8) is 0 Å². The number of aromatic nitrogens is 1. The molecule has 0 radical (unpaired) electrons. The van der Waals surface area contributed by atoms with Gasteiger partial charge in [-0.2, -0.15) is 8.78 Å². The predicted octanol–water partition coefficient (Wildman–Crippen LogP) is 2.03. The molecule has 0 aliphatic rings. The second-order valence-corrected chi connectivity index (χ2v) is 2.55. The Hall–Kier alpha value is -1.43. The number of nitrogens with zero attached hydrogens (tertiary/aromatic N) is 1. The normalized spacial score (nSPS) is 10.3. The quantitative estimate of drug-likeness (QED) is 0.797. The van der Waals surface area contributed by atoms with Crippen molar-refractivity contribution < 1.29 is 23.4 Å². The Morgan fingerprint density at radius 1 is 1.64 bits per heavy atom. The number of hydrogen-bond acceptors (Lipinski definition) is 3. The van der Waals surface area contributed by atoms with Crippen molar-refractivity contribution in [3.8, 4) is 5.75 Å². The first-order chi connectivity index (χ1) is 6.50. The first kappa shape index (κ1) is 10.6.